The Morgan fingerprint density at radius 2 is 1.70 bits per heavy atom. The second-order valence-electron chi connectivity index (χ2n) is 8.35. The van der Waals surface area contributed by atoms with E-state index in [9.17, 15) is 18.8 Å². The normalized spacial score (nSPS) is 23.7. The summed E-state index contributed by atoms with van der Waals surface area (Å²) in [6.45, 7) is 3.50. The molecule has 2 aliphatic heterocycles. The van der Waals surface area contributed by atoms with Gasteiger partial charge in [-0.2, -0.15) is 0 Å². The van der Waals surface area contributed by atoms with Gasteiger partial charge in [0.1, 0.15) is 17.6 Å². The Morgan fingerprint density at radius 1 is 1.03 bits per heavy atom. The fourth-order valence-electron chi connectivity index (χ4n) is 4.87. The van der Waals surface area contributed by atoms with Gasteiger partial charge in [-0.15, -0.1) is 0 Å². The number of hydrogen-bond acceptors (Lipinski definition) is 4. The first kappa shape index (κ1) is 20.8. The first-order valence-electron chi connectivity index (χ1n) is 10.7. The zero-order valence-corrected chi connectivity index (χ0v) is 17.3. The number of ether oxygens (including phenoxy) is 1. The number of carbonyl (C=O) groups excluding carboxylic acids is 3. The Kier molecular flexibility index (Phi) is 5.77. The molecule has 0 unspecified atom stereocenters. The molecule has 3 aliphatic rings. The number of piperazine rings is 1. The molecule has 1 aromatic rings. The minimum absolute atomic E-state index is 0.00429. The van der Waals surface area contributed by atoms with E-state index in [-0.39, 0.29) is 29.9 Å². The molecule has 2 heterocycles. The van der Waals surface area contributed by atoms with Crippen molar-refractivity contribution in [3.8, 4) is 0 Å². The third kappa shape index (κ3) is 3.80. The van der Waals surface area contributed by atoms with Crippen LogP contribution in [0.25, 0.3) is 0 Å². The molecular formula is C22H28FN3O4. The fraction of sp³-hybridized carbons (Fsp3) is 0.591. The number of nitrogens with zero attached hydrogens (tertiary/aromatic N) is 3. The van der Waals surface area contributed by atoms with E-state index >= 15 is 0 Å². The first-order valence-corrected chi connectivity index (χ1v) is 10.7. The number of benzene rings is 1. The fourth-order valence-corrected chi connectivity index (χ4v) is 4.87. The molecule has 0 N–H and O–H groups in total. The van der Waals surface area contributed by atoms with Gasteiger partial charge in [-0.05, 0) is 43.9 Å². The molecule has 0 aromatic heterocycles. The number of halogens is 1. The highest BCUT2D eigenvalue weighted by atomic mass is 19.1. The summed E-state index contributed by atoms with van der Waals surface area (Å²) >= 11 is 0. The van der Waals surface area contributed by atoms with Gasteiger partial charge in [0.25, 0.3) is 5.91 Å². The van der Waals surface area contributed by atoms with Crippen molar-refractivity contribution in [2.75, 3.05) is 32.8 Å². The van der Waals surface area contributed by atoms with Gasteiger partial charge < -0.3 is 14.5 Å². The number of carbonyl (C=O) groups is 3. The Hall–Kier alpha value is -2.48. The highest BCUT2D eigenvalue weighted by molar-refractivity contribution is 5.98. The molecule has 8 heteroatoms. The van der Waals surface area contributed by atoms with Gasteiger partial charge in [-0.25, -0.2) is 4.39 Å². The van der Waals surface area contributed by atoms with Crippen molar-refractivity contribution >= 4 is 17.7 Å². The molecule has 1 aromatic carbocycles. The van der Waals surface area contributed by atoms with Crippen LogP contribution in [-0.2, 0) is 14.3 Å². The molecule has 1 saturated carbocycles. The third-order valence-corrected chi connectivity index (χ3v) is 6.51. The standard InChI is InChI=1S/C22H28FN3O4/c1-16(27)24-10-12-25(13-11-24)21(29)19-15-30-22(8-3-2-4-9-22)26(19)20(28)17-6-5-7-18(23)14-17/h5-7,14,19H,2-4,8-13,15H2,1H3/t19-/m1/s1. The SMILES string of the molecule is CC(=O)N1CCN(C(=O)[C@H]2COC3(CCCCC3)N2C(=O)c2cccc(F)c2)CC1. The predicted molar refractivity (Wildman–Crippen MR) is 107 cm³/mol. The first-order chi connectivity index (χ1) is 14.4. The van der Waals surface area contributed by atoms with Gasteiger partial charge in [-0.3, -0.25) is 19.3 Å². The van der Waals surface area contributed by atoms with E-state index in [0.717, 1.165) is 19.3 Å². The van der Waals surface area contributed by atoms with E-state index in [1.165, 1.54) is 25.1 Å². The van der Waals surface area contributed by atoms with Crippen molar-refractivity contribution in [1.82, 2.24) is 14.7 Å². The molecular weight excluding hydrogens is 389 g/mol. The lowest BCUT2D eigenvalue weighted by Crippen LogP contribution is -2.59. The van der Waals surface area contributed by atoms with Crippen LogP contribution in [0.4, 0.5) is 4.39 Å². The quantitative estimate of drug-likeness (QED) is 0.738. The van der Waals surface area contributed by atoms with E-state index < -0.39 is 17.6 Å². The van der Waals surface area contributed by atoms with Crippen molar-refractivity contribution in [3.63, 3.8) is 0 Å². The van der Waals surface area contributed by atoms with Crippen LogP contribution in [0.3, 0.4) is 0 Å². The molecule has 30 heavy (non-hydrogen) atoms. The Balaban J connectivity index is 1.59. The molecule has 4 rings (SSSR count). The van der Waals surface area contributed by atoms with Gasteiger partial charge in [0.2, 0.25) is 11.8 Å². The maximum atomic E-state index is 13.8. The summed E-state index contributed by atoms with van der Waals surface area (Å²) in [5.41, 5.74) is -0.576. The molecule has 1 aliphatic carbocycles. The van der Waals surface area contributed by atoms with Crippen molar-refractivity contribution in [1.29, 1.82) is 0 Å². The predicted octanol–water partition coefficient (Wildman–Crippen LogP) is 2.02. The van der Waals surface area contributed by atoms with Crippen molar-refractivity contribution in [2.45, 2.75) is 50.8 Å². The van der Waals surface area contributed by atoms with E-state index in [2.05, 4.69) is 0 Å². The summed E-state index contributed by atoms with van der Waals surface area (Å²) in [7, 11) is 0. The van der Waals surface area contributed by atoms with Crippen LogP contribution in [0.5, 0.6) is 0 Å². The Bertz CT molecular complexity index is 831. The molecule has 0 bridgehead atoms. The maximum absolute atomic E-state index is 13.8. The topological polar surface area (TPSA) is 70.2 Å². The van der Waals surface area contributed by atoms with Crippen molar-refractivity contribution in [3.05, 3.63) is 35.6 Å². The van der Waals surface area contributed by atoms with Crippen LogP contribution in [-0.4, -0.2) is 77.0 Å². The van der Waals surface area contributed by atoms with E-state index in [1.807, 2.05) is 0 Å². The third-order valence-electron chi connectivity index (χ3n) is 6.51. The second kappa shape index (κ2) is 8.34. The largest absolute Gasteiger partial charge is 0.353 e. The second-order valence-corrected chi connectivity index (χ2v) is 8.35. The molecule has 3 fully saturated rings. The zero-order valence-electron chi connectivity index (χ0n) is 17.3. The highest BCUT2D eigenvalue weighted by Gasteiger charge is 2.53. The van der Waals surface area contributed by atoms with Crippen molar-refractivity contribution in [2.24, 2.45) is 0 Å². The summed E-state index contributed by atoms with van der Waals surface area (Å²) in [5.74, 6) is -1.02. The number of hydrogen-bond donors (Lipinski definition) is 0. The zero-order chi connectivity index (χ0) is 21.3. The van der Waals surface area contributed by atoms with Crippen LogP contribution in [0.15, 0.2) is 24.3 Å². The highest BCUT2D eigenvalue weighted by Crippen LogP contribution is 2.41. The smallest absolute Gasteiger partial charge is 0.256 e. The molecule has 162 valence electrons. The minimum atomic E-state index is -0.802. The number of amides is 3. The van der Waals surface area contributed by atoms with Gasteiger partial charge >= 0.3 is 0 Å². The van der Waals surface area contributed by atoms with Gasteiger partial charge in [-0.1, -0.05) is 12.5 Å². The average Bonchev–Trinajstić information content (AvgIpc) is 3.11. The molecule has 3 amide bonds. The van der Waals surface area contributed by atoms with Gasteiger partial charge in [0, 0.05) is 38.7 Å². The summed E-state index contributed by atoms with van der Waals surface area (Å²) in [4.78, 5) is 43.4. The van der Waals surface area contributed by atoms with Crippen LogP contribution in [0.2, 0.25) is 0 Å². The van der Waals surface area contributed by atoms with E-state index in [1.54, 1.807) is 20.8 Å². The molecule has 1 atom stereocenters. The Labute approximate surface area is 175 Å². The molecule has 7 nitrogen and oxygen atoms in total. The summed E-state index contributed by atoms with van der Waals surface area (Å²) in [6, 6.07) is 4.86. The van der Waals surface area contributed by atoms with E-state index in [4.69, 9.17) is 4.74 Å². The summed E-state index contributed by atoms with van der Waals surface area (Å²) in [6.07, 6.45) is 4.26. The van der Waals surface area contributed by atoms with Gasteiger partial charge in [0.05, 0.1) is 6.61 Å². The monoisotopic (exact) mass is 417 g/mol. The van der Waals surface area contributed by atoms with Crippen LogP contribution in [0, 0.1) is 5.82 Å². The lowest BCUT2D eigenvalue weighted by atomic mass is 9.89. The van der Waals surface area contributed by atoms with Crippen LogP contribution < -0.4 is 0 Å². The average molecular weight is 417 g/mol. The maximum Gasteiger partial charge on any atom is 0.256 e. The van der Waals surface area contributed by atoms with Crippen LogP contribution >= 0.6 is 0 Å². The van der Waals surface area contributed by atoms with Gasteiger partial charge in [0.15, 0.2) is 0 Å². The number of rotatable bonds is 2. The lowest BCUT2D eigenvalue weighted by molar-refractivity contribution is -0.142. The lowest BCUT2D eigenvalue weighted by Gasteiger charge is -2.43. The van der Waals surface area contributed by atoms with Crippen molar-refractivity contribution < 1.29 is 23.5 Å². The molecule has 2 saturated heterocycles. The molecule has 0 radical (unpaired) electrons. The minimum Gasteiger partial charge on any atom is -0.353 e. The molecule has 1 spiro atoms. The summed E-state index contributed by atoms with van der Waals surface area (Å²) < 4.78 is 19.9. The summed E-state index contributed by atoms with van der Waals surface area (Å²) in [5, 5.41) is 0. The Morgan fingerprint density at radius 3 is 2.33 bits per heavy atom. The van der Waals surface area contributed by atoms with E-state index in [0.29, 0.717) is 39.0 Å². The van der Waals surface area contributed by atoms with Crippen LogP contribution in [0.1, 0.15) is 49.4 Å².